The van der Waals surface area contributed by atoms with Gasteiger partial charge in [-0.05, 0) is 55.7 Å². The number of carbonyl (C=O) groups excluding carboxylic acids is 1. The molecule has 1 aliphatic rings. The van der Waals surface area contributed by atoms with Gasteiger partial charge in [-0.15, -0.1) is 0 Å². The number of ether oxygens (including phenoxy) is 3. The lowest BCUT2D eigenvalue weighted by Gasteiger charge is -2.30. The first-order valence-electron chi connectivity index (χ1n) is 8.42. The molecule has 2 rings (SSSR count). The van der Waals surface area contributed by atoms with Crippen LogP contribution in [0, 0.1) is 12.8 Å². The third kappa shape index (κ3) is 4.93. The van der Waals surface area contributed by atoms with Crippen LogP contribution in [0.1, 0.15) is 42.7 Å². The SMILES string of the molecule is CO/C=C(\Oc1cc(C2CCC(C(F)(F)F)CC2)ccc1C)C(=O)OC. The van der Waals surface area contributed by atoms with Gasteiger partial charge in [-0.3, -0.25) is 0 Å². The van der Waals surface area contributed by atoms with Crippen LogP contribution in [0.3, 0.4) is 0 Å². The molecule has 1 saturated carbocycles. The molecule has 0 radical (unpaired) electrons. The van der Waals surface area contributed by atoms with E-state index in [0.29, 0.717) is 18.6 Å². The summed E-state index contributed by atoms with van der Waals surface area (Å²) in [6, 6.07) is 5.52. The number of hydrogen-bond acceptors (Lipinski definition) is 4. The van der Waals surface area contributed by atoms with Gasteiger partial charge in [0.1, 0.15) is 12.0 Å². The van der Waals surface area contributed by atoms with Gasteiger partial charge in [0.25, 0.3) is 0 Å². The Morgan fingerprint density at radius 2 is 1.81 bits per heavy atom. The van der Waals surface area contributed by atoms with Crippen LogP contribution in [0.15, 0.2) is 30.2 Å². The van der Waals surface area contributed by atoms with E-state index in [-0.39, 0.29) is 24.5 Å². The maximum atomic E-state index is 12.8. The van der Waals surface area contributed by atoms with Crippen LogP contribution in [0.5, 0.6) is 5.75 Å². The summed E-state index contributed by atoms with van der Waals surface area (Å²) in [5, 5.41) is 0. The van der Waals surface area contributed by atoms with Crippen LogP contribution in [-0.4, -0.2) is 26.4 Å². The Morgan fingerprint density at radius 1 is 1.15 bits per heavy atom. The summed E-state index contributed by atoms with van der Waals surface area (Å²) in [5.74, 6) is -1.49. The first-order chi connectivity index (χ1) is 12.3. The third-order valence-electron chi connectivity index (χ3n) is 4.71. The number of hydrogen-bond donors (Lipinski definition) is 0. The molecule has 1 aromatic rings. The lowest BCUT2D eigenvalue weighted by atomic mass is 9.78. The van der Waals surface area contributed by atoms with E-state index in [4.69, 9.17) is 9.47 Å². The molecule has 7 heteroatoms. The van der Waals surface area contributed by atoms with Gasteiger partial charge in [0.05, 0.1) is 20.1 Å². The van der Waals surface area contributed by atoms with Crippen molar-refractivity contribution in [1.29, 1.82) is 0 Å². The number of aryl methyl sites for hydroxylation is 1. The minimum Gasteiger partial charge on any atom is -0.500 e. The van der Waals surface area contributed by atoms with Gasteiger partial charge in [0, 0.05) is 0 Å². The average Bonchev–Trinajstić information content (AvgIpc) is 2.61. The Labute approximate surface area is 150 Å². The molecule has 1 aliphatic carbocycles. The zero-order valence-corrected chi connectivity index (χ0v) is 15.1. The molecule has 0 atom stereocenters. The van der Waals surface area contributed by atoms with Gasteiger partial charge in [0.2, 0.25) is 5.76 Å². The highest BCUT2D eigenvalue weighted by Gasteiger charge is 2.41. The van der Waals surface area contributed by atoms with Gasteiger partial charge in [-0.2, -0.15) is 13.2 Å². The van der Waals surface area contributed by atoms with Gasteiger partial charge in [0.15, 0.2) is 0 Å². The summed E-state index contributed by atoms with van der Waals surface area (Å²) in [4.78, 5) is 11.7. The van der Waals surface area contributed by atoms with E-state index < -0.39 is 18.1 Å². The lowest BCUT2D eigenvalue weighted by molar-refractivity contribution is -0.182. The van der Waals surface area contributed by atoms with E-state index in [2.05, 4.69) is 4.74 Å². The second-order valence-corrected chi connectivity index (χ2v) is 6.43. The summed E-state index contributed by atoms with van der Waals surface area (Å²) in [6.45, 7) is 1.82. The molecule has 0 spiro atoms. The fraction of sp³-hybridized carbons (Fsp3) is 0.526. The van der Waals surface area contributed by atoms with Crippen molar-refractivity contribution in [2.45, 2.75) is 44.7 Å². The Morgan fingerprint density at radius 3 is 2.35 bits per heavy atom. The maximum absolute atomic E-state index is 12.8. The van der Waals surface area contributed by atoms with Crippen molar-refractivity contribution in [2.75, 3.05) is 14.2 Å². The van der Waals surface area contributed by atoms with E-state index in [9.17, 15) is 18.0 Å². The van der Waals surface area contributed by atoms with Crippen molar-refractivity contribution < 1.29 is 32.2 Å². The van der Waals surface area contributed by atoms with Crippen LogP contribution >= 0.6 is 0 Å². The molecular formula is C19H23F3O4. The van der Waals surface area contributed by atoms with Gasteiger partial charge >= 0.3 is 12.1 Å². The van der Waals surface area contributed by atoms with Crippen LogP contribution in [0.4, 0.5) is 13.2 Å². The Balaban J connectivity index is 2.15. The zero-order valence-electron chi connectivity index (χ0n) is 15.1. The van der Waals surface area contributed by atoms with Crippen molar-refractivity contribution in [3.63, 3.8) is 0 Å². The molecule has 26 heavy (non-hydrogen) atoms. The highest BCUT2D eigenvalue weighted by Crippen LogP contribution is 2.43. The molecule has 1 fully saturated rings. The van der Waals surface area contributed by atoms with E-state index >= 15 is 0 Å². The van der Waals surface area contributed by atoms with Crippen LogP contribution < -0.4 is 4.74 Å². The molecular weight excluding hydrogens is 349 g/mol. The van der Waals surface area contributed by atoms with Crippen molar-refractivity contribution in [3.8, 4) is 5.75 Å². The van der Waals surface area contributed by atoms with Gasteiger partial charge in [-0.25, -0.2) is 4.79 Å². The zero-order chi connectivity index (χ0) is 19.3. The van der Waals surface area contributed by atoms with Crippen molar-refractivity contribution in [2.24, 2.45) is 5.92 Å². The molecule has 4 nitrogen and oxygen atoms in total. The number of rotatable bonds is 5. The second-order valence-electron chi connectivity index (χ2n) is 6.43. The molecule has 0 aromatic heterocycles. The summed E-state index contributed by atoms with van der Waals surface area (Å²) in [6.07, 6.45) is -1.75. The van der Waals surface area contributed by atoms with Crippen LogP contribution in [0.2, 0.25) is 0 Å². The van der Waals surface area contributed by atoms with E-state index in [1.165, 1.54) is 14.2 Å². The van der Waals surface area contributed by atoms with E-state index in [0.717, 1.165) is 17.4 Å². The molecule has 0 N–H and O–H groups in total. The summed E-state index contributed by atoms with van der Waals surface area (Å²) >= 11 is 0. The minimum atomic E-state index is -4.12. The molecule has 0 heterocycles. The molecule has 0 saturated heterocycles. The largest absolute Gasteiger partial charge is 0.500 e. The number of esters is 1. The first kappa shape index (κ1) is 20.1. The highest BCUT2D eigenvalue weighted by molar-refractivity contribution is 5.86. The van der Waals surface area contributed by atoms with Gasteiger partial charge < -0.3 is 14.2 Å². The van der Waals surface area contributed by atoms with E-state index in [1.807, 2.05) is 19.1 Å². The number of alkyl halides is 3. The summed E-state index contributed by atoms with van der Waals surface area (Å²) < 4.78 is 53.6. The Bertz CT molecular complexity index is 659. The van der Waals surface area contributed by atoms with Crippen LogP contribution in [-0.2, 0) is 14.3 Å². The number of halogens is 3. The summed E-state index contributed by atoms with van der Waals surface area (Å²) in [5.41, 5.74) is 1.71. The molecule has 144 valence electrons. The smallest absolute Gasteiger partial charge is 0.391 e. The minimum absolute atomic E-state index is 0.0459. The highest BCUT2D eigenvalue weighted by atomic mass is 19.4. The first-order valence-corrected chi connectivity index (χ1v) is 8.42. The molecule has 0 unspecified atom stereocenters. The number of methoxy groups -OCH3 is 2. The molecule has 0 aliphatic heterocycles. The van der Waals surface area contributed by atoms with Gasteiger partial charge in [-0.1, -0.05) is 12.1 Å². The Hall–Kier alpha value is -2.18. The molecule has 1 aromatic carbocycles. The van der Waals surface area contributed by atoms with Crippen LogP contribution in [0.25, 0.3) is 0 Å². The Kier molecular flexibility index (Phi) is 6.56. The molecule has 0 bridgehead atoms. The number of carbonyl (C=O) groups is 1. The summed E-state index contributed by atoms with van der Waals surface area (Å²) in [7, 11) is 2.62. The fourth-order valence-electron chi connectivity index (χ4n) is 3.17. The topological polar surface area (TPSA) is 44.8 Å². The normalized spacial score (nSPS) is 21.2. The van der Waals surface area contributed by atoms with Crippen molar-refractivity contribution in [1.82, 2.24) is 0 Å². The number of benzene rings is 1. The average molecular weight is 372 g/mol. The third-order valence-corrected chi connectivity index (χ3v) is 4.71. The lowest BCUT2D eigenvalue weighted by Crippen LogP contribution is -2.27. The quantitative estimate of drug-likeness (QED) is 0.420. The predicted octanol–water partition coefficient (Wildman–Crippen LogP) is 4.87. The maximum Gasteiger partial charge on any atom is 0.391 e. The predicted molar refractivity (Wildman–Crippen MR) is 89.7 cm³/mol. The monoisotopic (exact) mass is 372 g/mol. The van der Waals surface area contributed by atoms with Crippen molar-refractivity contribution in [3.05, 3.63) is 41.3 Å². The van der Waals surface area contributed by atoms with Crippen molar-refractivity contribution >= 4 is 5.97 Å². The van der Waals surface area contributed by atoms with E-state index in [1.54, 1.807) is 6.07 Å². The molecule has 0 amide bonds. The standard InChI is InChI=1S/C19H23F3O4/c1-12-4-5-14(13-6-8-15(9-7-13)19(20,21)22)10-16(12)26-17(11-24-2)18(23)25-3/h4-5,10-11,13,15H,6-9H2,1-3H3/b17-11-. The fourth-order valence-corrected chi connectivity index (χ4v) is 3.17. The second kappa shape index (κ2) is 8.47.